The number of Topliss-reactive ketones (excluding diaryl/α,β-unsaturated/α-hetero) is 3. The van der Waals surface area contributed by atoms with Crippen LogP contribution in [0, 0.1) is 0 Å². The lowest BCUT2D eigenvalue weighted by atomic mass is 10.1. The zero-order valence-electron chi connectivity index (χ0n) is 24.0. The van der Waals surface area contributed by atoms with Gasteiger partial charge in [0.2, 0.25) is 17.7 Å². The third kappa shape index (κ3) is 23.2. The van der Waals surface area contributed by atoms with Gasteiger partial charge in [0, 0.05) is 27.7 Å². The Kier molecular flexibility index (Phi) is 24.1. The summed E-state index contributed by atoms with van der Waals surface area (Å²) in [6.07, 6.45) is 3.70. The molecule has 0 aromatic heterocycles. The zero-order chi connectivity index (χ0) is 30.1. The fourth-order valence-electron chi connectivity index (χ4n) is 2.83. The van der Waals surface area contributed by atoms with Crippen LogP contribution in [-0.2, 0) is 28.8 Å². The van der Waals surface area contributed by atoms with E-state index in [2.05, 4.69) is 33.2 Å². The molecular formula is C24H47N7O6. The molecule has 13 heteroatoms. The molecule has 0 bridgehead atoms. The molecule has 0 heterocycles. The van der Waals surface area contributed by atoms with Gasteiger partial charge in [-0.15, -0.1) is 0 Å². The summed E-state index contributed by atoms with van der Waals surface area (Å²) < 4.78 is 6.73. The fraction of sp³-hybridized carbons (Fsp3) is 0.667. The average molecular weight is 531 g/mol. The minimum atomic E-state index is -0.253. The highest BCUT2D eigenvalue weighted by atomic mass is 16.2. The predicted octanol–water partition coefficient (Wildman–Crippen LogP) is -1.17. The van der Waals surface area contributed by atoms with E-state index in [0.29, 0.717) is 25.7 Å². The highest BCUT2D eigenvalue weighted by molar-refractivity contribution is 5.84. The van der Waals surface area contributed by atoms with Gasteiger partial charge in [-0.05, 0) is 67.4 Å². The van der Waals surface area contributed by atoms with Crippen LogP contribution in [0.2, 0.25) is 0 Å². The first-order chi connectivity index (χ1) is 17.8. The summed E-state index contributed by atoms with van der Waals surface area (Å²) in [5.41, 5.74) is 2.01. The first-order valence-electron chi connectivity index (χ1n) is 12.5. The van der Waals surface area contributed by atoms with Crippen LogP contribution in [0.15, 0.2) is 12.8 Å². The normalized spacial score (nSPS) is 12.5. The van der Waals surface area contributed by atoms with E-state index in [1.165, 1.54) is 27.0 Å². The maximum absolute atomic E-state index is 11.0. The van der Waals surface area contributed by atoms with Crippen molar-refractivity contribution in [3.63, 3.8) is 0 Å². The maximum Gasteiger partial charge on any atom is 0.233 e. The third-order valence-electron chi connectivity index (χ3n) is 5.12. The lowest BCUT2D eigenvalue weighted by Crippen LogP contribution is -2.35. The smallest absolute Gasteiger partial charge is 0.233 e. The molecule has 13 nitrogen and oxygen atoms in total. The summed E-state index contributed by atoms with van der Waals surface area (Å²) in [5, 5.41) is 13.3. The number of rotatable bonds is 16. The number of nitrogens with one attached hydrogen (secondary N) is 6. The van der Waals surface area contributed by atoms with Crippen LogP contribution >= 0.6 is 0 Å². The number of hydrogen-bond donors (Lipinski definition) is 7. The van der Waals surface area contributed by atoms with E-state index >= 15 is 0 Å². The number of carbonyl (C=O) groups is 6. The van der Waals surface area contributed by atoms with Crippen molar-refractivity contribution in [2.45, 2.75) is 77.4 Å². The molecule has 8 N–H and O–H groups in total. The van der Waals surface area contributed by atoms with Gasteiger partial charge in [0.25, 0.3) is 0 Å². The summed E-state index contributed by atoms with van der Waals surface area (Å²) >= 11 is 0. The van der Waals surface area contributed by atoms with E-state index in [1.807, 2.05) is 5.43 Å². The van der Waals surface area contributed by atoms with Crippen LogP contribution in [0.4, 0.5) is 0 Å². The Morgan fingerprint density at radius 2 is 1.08 bits per heavy atom. The van der Waals surface area contributed by atoms with Gasteiger partial charge in [-0.2, -0.15) is 0 Å². The van der Waals surface area contributed by atoms with Gasteiger partial charge in [0.15, 0.2) is 0 Å². The molecule has 0 rings (SSSR count). The van der Waals surface area contributed by atoms with Crippen molar-refractivity contribution in [1.29, 1.82) is 0 Å². The van der Waals surface area contributed by atoms with Gasteiger partial charge in [0.1, 0.15) is 17.3 Å². The fourth-order valence-corrected chi connectivity index (χ4v) is 2.83. The second kappa shape index (κ2) is 24.7. The SMILES string of the molecule is C=CNC(=O)CCC(NC)C(C)=O.CNC(CCC(=O)NN)C(C)=O.[2H]CNC(=O)CCC(NC)C(C)=O. The van der Waals surface area contributed by atoms with Crippen molar-refractivity contribution in [3.05, 3.63) is 12.8 Å². The maximum atomic E-state index is 11.0. The topological polar surface area (TPSA) is 201 Å². The van der Waals surface area contributed by atoms with Crippen molar-refractivity contribution in [2.24, 2.45) is 5.84 Å². The summed E-state index contributed by atoms with van der Waals surface area (Å²) in [5.74, 6) is 4.43. The van der Waals surface area contributed by atoms with Gasteiger partial charge >= 0.3 is 0 Å². The molecule has 37 heavy (non-hydrogen) atoms. The number of hydrogen-bond acceptors (Lipinski definition) is 10. The van der Waals surface area contributed by atoms with Crippen molar-refractivity contribution in [2.75, 3.05) is 28.2 Å². The highest BCUT2D eigenvalue weighted by Gasteiger charge is 2.14. The Hall–Kier alpha value is -3.00. The molecule has 0 saturated heterocycles. The summed E-state index contributed by atoms with van der Waals surface area (Å²) in [6.45, 7) is 7.85. The largest absolute Gasteiger partial charge is 0.359 e. The number of hydrazine groups is 1. The van der Waals surface area contributed by atoms with Crippen molar-refractivity contribution in [1.82, 2.24) is 32.0 Å². The minimum Gasteiger partial charge on any atom is -0.359 e. The van der Waals surface area contributed by atoms with E-state index < -0.39 is 0 Å². The minimum absolute atomic E-state index is 0.0289. The van der Waals surface area contributed by atoms with Gasteiger partial charge in [-0.1, -0.05) is 6.58 Å². The summed E-state index contributed by atoms with van der Waals surface area (Å²) in [6, 6.07) is -0.727. The third-order valence-corrected chi connectivity index (χ3v) is 5.12. The number of ketones is 3. The molecule has 3 unspecified atom stereocenters. The van der Waals surface area contributed by atoms with E-state index in [1.54, 1.807) is 21.1 Å². The van der Waals surface area contributed by atoms with Gasteiger partial charge in [0.05, 0.1) is 18.1 Å². The molecular weight excluding hydrogens is 482 g/mol. The molecule has 0 aliphatic rings. The molecule has 3 amide bonds. The molecule has 0 aliphatic heterocycles. The predicted molar refractivity (Wildman–Crippen MR) is 143 cm³/mol. The highest BCUT2D eigenvalue weighted by Crippen LogP contribution is 1.99. The first kappa shape index (κ1) is 36.2. The van der Waals surface area contributed by atoms with Crippen LogP contribution < -0.4 is 37.9 Å². The molecule has 0 saturated carbocycles. The van der Waals surface area contributed by atoms with Crippen molar-refractivity contribution < 1.29 is 30.1 Å². The van der Waals surface area contributed by atoms with Crippen LogP contribution in [0.3, 0.4) is 0 Å². The second-order valence-electron chi connectivity index (χ2n) is 7.91. The van der Waals surface area contributed by atoms with Gasteiger partial charge < -0.3 is 26.6 Å². The quantitative estimate of drug-likeness (QED) is 0.0724. The van der Waals surface area contributed by atoms with Crippen molar-refractivity contribution >= 4 is 35.1 Å². The lowest BCUT2D eigenvalue weighted by molar-refractivity contribution is -0.123. The average Bonchev–Trinajstić information content (AvgIpc) is 2.85. The molecule has 0 fully saturated rings. The van der Waals surface area contributed by atoms with Crippen LogP contribution in [0.25, 0.3) is 0 Å². The standard InChI is InChI=1S/C9H16N2O2.C8H16N2O2.C7H15N3O2/c1-4-11-9(13)6-5-8(10-3)7(2)12;1-6(11)7(9-2)4-5-8(12)10-3;1-5(11)6(9-2)3-4-7(12)10-8/h4,8,10H,1,5-6H2,2-3H3,(H,11,13);7,9H,4-5H2,1-3H3,(H,10,12);6,9H,3-4,8H2,1-2H3,(H,10,12)/i;3D;. The van der Waals surface area contributed by atoms with E-state index in [4.69, 9.17) is 7.21 Å². The van der Waals surface area contributed by atoms with Gasteiger partial charge in [-0.25, -0.2) is 5.84 Å². The number of carbonyl (C=O) groups excluding carboxylic acids is 6. The molecule has 0 aromatic rings. The monoisotopic (exact) mass is 530 g/mol. The Morgan fingerprint density at radius 3 is 1.35 bits per heavy atom. The Balaban J connectivity index is -0.000000484. The lowest BCUT2D eigenvalue weighted by Gasteiger charge is -2.11. The molecule has 0 radical (unpaired) electrons. The van der Waals surface area contributed by atoms with Crippen molar-refractivity contribution in [3.8, 4) is 0 Å². The number of nitrogens with two attached hydrogens (primary N) is 1. The van der Waals surface area contributed by atoms with E-state index in [-0.39, 0.29) is 73.1 Å². The molecule has 214 valence electrons. The number of amides is 3. The molecule has 0 aromatic carbocycles. The van der Waals surface area contributed by atoms with E-state index in [0.717, 1.165) is 0 Å². The first-order valence-corrected chi connectivity index (χ1v) is 11.8. The van der Waals surface area contributed by atoms with Crippen LogP contribution in [-0.4, -0.2) is 81.4 Å². The van der Waals surface area contributed by atoms with Crippen LogP contribution in [0.5, 0.6) is 0 Å². The number of likely N-dealkylation sites (N-methyl/N-ethyl adjacent to an activating group) is 3. The Bertz CT molecular complexity index is 752. The van der Waals surface area contributed by atoms with Crippen LogP contribution in [0.1, 0.15) is 60.7 Å². The zero-order valence-corrected chi connectivity index (χ0v) is 23.0. The Labute approximate surface area is 221 Å². The Morgan fingerprint density at radius 1 is 0.730 bits per heavy atom. The molecule has 0 spiro atoms. The second-order valence-corrected chi connectivity index (χ2v) is 7.91. The van der Waals surface area contributed by atoms with Gasteiger partial charge in [-0.3, -0.25) is 34.2 Å². The molecule has 3 atom stereocenters. The summed E-state index contributed by atoms with van der Waals surface area (Å²) in [4.78, 5) is 65.3. The molecule has 0 aliphatic carbocycles. The van der Waals surface area contributed by atoms with E-state index in [9.17, 15) is 28.8 Å². The summed E-state index contributed by atoms with van der Waals surface area (Å²) in [7, 11) is 4.97.